The normalized spacial score (nSPS) is 20.0. The van der Waals surface area contributed by atoms with Crippen LogP contribution in [0.5, 0.6) is 0 Å². The van der Waals surface area contributed by atoms with E-state index in [0.29, 0.717) is 5.56 Å². The van der Waals surface area contributed by atoms with Crippen molar-refractivity contribution in [3.05, 3.63) is 65.7 Å². The molecule has 30 heavy (non-hydrogen) atoms. The minimum atomic E-state index is -3.70. The van der Waals surface area contributed by atoms with Gasteiger partial charge in [-0.2, -0.15) is 0 Å². The van der Waals surface area contributed by atoms with E-state index >= 15 is 0 Å². The molecule has 1 amide bonds. The summed E-state index contributed by atoms with van der Waals surface area (Å²) in [7, 11) is -3.70. The second-order valence-corrected chi connectivity index (χ2v) is 9.91. The number of sulfonamides is 1. The standard InChI is InChI=1S/C23H29N3O3S/c27-23(26-15-7-11-21(26)18-25-13-4-5-14-25)20-10-6-12-22(16-20)30(28,29)24-17-19-8-2-1-3-9-19/h1-3,6,8-10,12,16,21,24H,4-5,7,11,13-15,17-18H2. The molecular formula is C23H29N3O3S. The van der Waals surface area contributed by atoms with Crippen molar-refractivity contribution in [3.63, 3.8) is 0 Å². The van der Waals surface area contributed by atoms with Crippen LogP contribution in [0.1, 0.15) is 41.6 Å². The van der Waals surface area contributed by atoms with Crippen LogP contribution >= 0.6 is 0 Å². The van der Waals surface area contributed by atoms with Crippen LogP contribution in [0, 0.1) is 0 Å². The second-order valence-electron chi connectivity index (χ2n) is 8.14. The van der Waals surface area contributed by atoms with Gasteiger partial charge in [-0.15, -0.1) is 0 Å². The lowest BCUT2D eigenvalue weighted by Gasteiger charge is -2.28. The maximum Gasteiger partial charge on any atom is 0.254 e. The summed E-state index contributed by atoms with van der Waals surface area (Å²) < 4.78 is 28.1. The summed E-state index contributed by atoms with van der Waals surface area (Å²) in [5, 5.41) is 0. The van der Waals surface area contributed by atoms with Gasteiger partial charge < -0.3 is 9.80 Å². The Morgan fingerprint density at radius 1 is 0.967 bits per heavy atom. The van der Waals surface area contributed by atoms with Gasteiger partial charge in [-0.3, -0.25) is 4.79 Å². The minimum Gasteiger partial charge on any atom is -0.334 e. The van der Waals surface area contributed by atoms with E-state index in [1.165, 1.54) is 25.0 Å². The second kappa shape index (κ2) is 9.29. The monoisotopic (exact) mass is 427 g/mol. The van der Waals surface area contributed by atoms with Gasteiger partial charge in [0.25, 0.3) is 5.91 Å². The highest BCUT2D eigenvalue weighted by atomic mass is 32.2. The number of carbonyl (C=O) groups is 1. The number of rotatable bonds is 7. The number of hydrogen-bond donors (Lipinski definition) is 1. The Bertz CT molecular complexity index is 972. The smallest absolute Gasteiger partial charge is 0.254 e. The Morgan fingerprint density at radius 2 is 1.73 bits per heavy atom. The summed E-state index contributed by atoms with van der Waals surface area (Å²) in [6.45, 7) is 4.09. The molecule has 4 rings (SSSR count). The number of amides is 1. The molecule has 2 heterocycles. The molecule has 2 aliphatic heterocycles. The van der Waals surface area contributed by atoms with Gasteiger partial charge in [0, 0.05) is 31.2 Å². The van der Waals surface area contributed by atoms with E-state index in [9.17, 15) is 13.2 Å². The van der Waals surface area contributed by atoms with Crippen LogP contribution in [0.2, 0.25) is 0 Å². The van der Waals surface area contributed by atoms with Crippen LogP contribution in [0.3, 0.4) is 0 Å². The van der Waals surface area contributed by atoms with Gasteiger partial charge in [-0.25, -0.2) is 13.1 Å². The zero-order chi connectivity index (χ0) is 21.0. The third-order valence-corrected chi connectivity index (χ3v) is 7.40. The van der Waals surface area contributed by atoms with Crippen molar-refractivity contribution in [1.29, 1.82) is 0 Å². The van der Waals surface area contributed by atoms with Crippen molar-refractivity contribution >= 4 is 15.9 Å². The Hall–Kier alpha value is -2.22. The highest BCUT2D eigenvalue weighted by Gasteiger charge is 2.31. The van der Waals surface area contributed by atoms with Crippen LogP contribution in [0.4, 0.5) is 0 Å². The molecule has 0 radical (unpaired) electrons. The van der Waals surface area contributed by atoms with E-state index < -0.39 is 10.0 Å². The summed E-state index contributed by atoms with van der Waals surface area (Å²) >= 11 is 0. The van der Waals surface area contributed by atoms with Gasteiger partial charge in [0.1, 0.15) is 0 Å². The highest BCUT2D eigenvalue weighted by molar-refractivity contribution is 7.89. The first-order valence-electron chi connectivity index (χ1n) is 10.7. The number of nitrogens with zero attached hydrogens (tertiary/aromatic N) is 2. The number of likely N-dealkylation sites (tertiary alicyclic amines) is 2. The van der Waals surface area contributed by atoms with Gasteiger partial charge in [-0.05, 0) is 62.5 Å². The van der Waals surface area contributed by atoms with Gasteiger partial charge in [-0.1, -0.05) is 36.4 Å². The van der Waals surface area contributed by atoms with Crippen LogP contribution in [0.25, 0.3) is 0 Å². The first-order chi connectivity index (χ1) is 14.5. The molecule has 1 N–H and O–H groups in total. The number of nitrogens with one attached hydrogen (secondary N) is 1. The first kappa shape index (κ1) is 21.0. The van der Waals surface area contributed by atoms with E-state index in [4.69, 9.17) is 0 Å². The third-order valence-electron chi connectivity index (χ3n) is 6.01. The lowest BCUT2D eigenvalue weighted by Crippen LogP contribution is -2.42. The summed E-state index contributed by atoms with van der Waals surface area (Å²) in [6.07, 6.45) is 4.48. The zero-order valence-electron chi connectivity index (χ0n) is 17.2. The molecule has 6 nitrogen and oxygen atoms in total. The van der Waals surface area contributed by atoms with Crippen LogP contribution < -0.4 is 4.72 Å². The van der Waals surface area contributed by atoms with Crippen molar-refractivity contribution in [1.82, 2.24) is 14.5 Å². The summed E-state index contributed by atoms with van der Waals surface area (Å²) in [5.74, 6) is -0.0724. The van der Waals surface area contributed by atoms with E-state index in [-0.39, 0.29) is 23.4 Å². The van der Waals surface area contributed by atoms with E-state index in [2.05, 4.69) is 9.62 Å². The van der Waals surface area contributed by atoms with Gasteiger partial charge >= 0.3 is 0 Å². The fourth-order valence-corrected chi connectivity index (χ4v) is 5.44. The number of benzene rings is 2. The molecule has 2 fully saturated rings. The lowest BCUT2D eigenvalue weighted by atomic mass is 10.1. The predicted molar refractivity (Wildman–Crippen MR) is 117 cm³/mol. The molecule has 7 heteroatoms. The Kier molecular flexibility index (Phi) is 6.51. The third kappa shape index (κ3) is 4.91. The molecule has 0 saturated carbocycles. The Morgan fingerprint density at radius 3 is 2.50 bits per heavy atom. The molecule has 2 aliphatic rings. The van der Waals surface area contributed by atoms with E-state index in [1.807, 2.05) is 35.2 Å². The lowest BCUT2D eigenvalue weighted by molar-refractivity contribution is 0.0708. The molecule has 0 spiro atoms. The fraction of sp³-hybridized carbons (Fsp3) is 0.435. The van der Waals surface area contributed by atoms with Gasteiger partial charge in [0.15, 0.2) is 0 Å². The van der Waals surface area contributed by atoms with Crippen molar-refractivity contribution in [2.24, 2.45) is 0 Å². The number of carbonyl (C=O) groups excluding carboxylic acids is 1. The highest BCUT2D eigenvalue weighted by Crippen LogP contribution is 2.23. The average molecular weight is 428 g/mol. The molecule has 1 unspecified atom stereocenters. The molecule has 1 atom stereocenters. The molecule has 2 aromatic rings. The van der Waals surface area contributed by atoms with Crippen LogP contribution in [0.15, 0.2) is 59.5 Å². The Balaban J connectivity index is 1.45. The predicted octanol–water partition coefficient (Wildman–Crippen LogP) is 2.87. The molecular weight excluding hydrogens is 398 g/mol. The first-order valence-corrected chi connectivity index (χ1v) is 12.2. The summed E-state index contributed by atoms with van der Waals surface area (Å²) in [5.41, 5.74) is 1.32. The Labute approximate surface area is 178 Å². The maximum absolute atomic E-state index is 13.2. The van der Waals surface area contributed by atoms with E-state index in [1.54, 1.807) is 12.1 Å². The van der Waals surface area contributed by atoms with E-state index in [0.717, 1.165) is 44.6 Å². The van der Waals surface area contributed by atoms with Crippen LogP contribution in [-0.4, -0.2) is 56.3 Å². The molecule has 2 aromatic carbocycles. The maximum atomic E-state index is 13.2. The van der Waals surface area contributed by atoms with Crippen molar-refractivity contribution in [2.45, 2.75) is 43.2 Å². The largest absolute Gasteiger partial charge is 0.334 e. The number of hydrogen-bond acceptors (Lipinski definition) is 4. The molecule has 0 bridgehead atoms. The summed E-state index contributed by atoms with van der Waals surface area (Å²) in [4.78, 5) is 17.7. The molecule has 0 aromatic heterocycles. The van der Waals surface area contributed by atoms with Crippen molar-refractivity contribution in [3.8, 4) is 0 Å². The minimum absolute atomic E-state index is 0.0724. The van der Waals surface area contributed by atoms with Crippen molar-refractivity contribution in [2.75, 3.05) is 26.2 Å². The SMILES string of the molecule is O=C(c1cccc(S(=O)(=O)NCc2ccccc2)c1)N1CCCC1CN1CCCC1. The average Bonchev–Trinajstić information content (AvgIpc) is 3.45. The fourth-order valence-electron chi connectivity index (χ4n) is 4.38. The van der Waals surface area contributed by atoms with Crippen LogP contribution in [-0.2, 0) is 16.6 Å². The van der Waals surface area contributed by atoms with Gasteiger partial charge in [0.05, 0.1) is 4.90 Å². The topological polar surface area (TPSA) is 69.7 Å². The van der Waals surface area contributed by atoms with Crippen molar-refractivity contribution < 1.29 is 13.2 Å². The molecule has 160 valence electrons. The molecule has 2 saturated heterocycles. The summed E-state index contributed by atoms with van der Waals surface area (Å²) in [6, 6.07) is 16.0. The quantitative estimate of drug-likeness (QED) is 0.738. The molecule has 0 aliphatic carbocycles. The zero-order valence-corrected chi connectivity index (χ0v) is 18.0. The van der Waals surface area contributed by atoms with Gasteiger partial charge in [0.2, 0.25) is 10.0 Å².